The van der Waals surface area contributed by atoms with E-state index in [0.717, 1.165) is 6.54 Å². The van der Waals surface area contributed by atoms with Crippen LogP contribution in [-0.4, -0.2) is 43.2 Å². The van der Waals surface area contributed by atoms with E-state index in [1.54, 1.807) is 6.07 Å². The van der Waals surface area contributed by atoms with Gasteiger partial charge in [0.15, 0.2) is 17.4 Å². The standard InChI is InChI=1S/C16H15FN2O3/c1-9(20)13-6-11(17)4-10-5-14-16(18-15(10)13)19-2-3-21-7-12(19)8-22-14/h4-6,12H,2-3,7-8H2,1H3/t12-/m0/s1. The van der Waals surface area contributed by atoms with Crippen molar-refractivity contribution in [3.05, 3.63) is 29.6 Å². The number of aromatic nitrogens is 1. The number of anilines is 1. The average Bonchev–Trinajstić information content (AvgIpc) is 2.52. The van der Waals surface area contributed by atoms with Gasteiger partial charge in [0.25, 0.3) is 0 Å². The summed E-state index contributed by atoms with van der Waals surface area (Å²) in [5.41, 5.74) is 0.816. The Morgan fingerprint density at radius 2 is 2.23 bits per heavy atom. The zero-order valence-electron chi connectivity index (χ0n) is 12.1. The first-order chi connectivity index (χ1) is 10.6. The summed E-state index contributed by atoms with van der Waals surface area (Å²) in [6.07, 6.45) is 0. The SMILES string of the molecule is CC(=O)c1cc(F)cc2cc3c(nc12)N1CCOC[C@H]1CO3. The third-order valence-electron chi connectivity index (χ3n) is 4.14. The lowest BCUT2D eigenvalue weighted by Crippen LogP contribution is -2.51. The second kappa shape index (κ2) is 4.91. The highest BCUT2D eigenvalue weighted by atomic mass is 19.1. The fourth-order valence-corrected chi connectivity index (χ4v) is 3.06. The van der Waals surface area contributed by atoms with Crippen molar-refractivity contribution in [3.8, 4) is 5.75 Å². The Bertz CT molecular complexity index is 778. The predicted octanol–water partition coefficient (Wildman–Crippen LogP) is 2.17. The summed E-state index contributed by atoms with van der Waals surface area (Å²) in [4.78, 5) is 18.6. The molecule has 22 heavy (non-hydrogen) atoms. The van der Waals surface area contributed by atoms with E-state index >= 15 is 0 Å². The number of carbonyl (C=O) groups excluding carboxylic acids is 1. The summed E-state index contributed by atoms with van der Waals surface area (Å²) in [7, 11) is 0. The molecule has 4 rings (SSSR count). The molecule has 0 bridgehead atoms. The van der Waals surface area contributed by atoms with E-state index in [-0.39, 0.29) is 11.8 Å². The Morgan fingerprint density at radius 1 is 1.36 bits per heavy atom. The van der Waals surface area contributed by atoms with Crippen molar-refractivity contribution in [1.29, 1.82) is 0 Å². The molecule has 0 N–H and O–H groups in total. The van der Waals surface area contributed by atoms with E-state index in [2.05, 4.69) is 9.88 Å². The molecule has 5 nitrogen and oxygen atoms in total. The lowest BCUT2D eigenvalue weighted by molar-refractivity contribution is 0.0698. The summed E-state index contributed by atoms with van der Waals surface area (Å²) >= 11 is 0. The Balaban J connectivity index is 1.94. The normalized spacial score (nSPS) is 20.3. The lowest BCUT2D eigenvalue weighted by atomic mass is 10.1. The maximum atomic E-state index is 13.7. The predicted molar refractivity (Wildman–Crippen MR) is 79.2 cm³/mol. The number of ketones is 1. The van der Waals surface area contributed by atoms with Crippen LogP contribution < -0.4 is 9.64 Å². The van der Waals surface area contributed by atoms with Gasteiger partial charge in [0.05, 0.1) is 24.8 Å². The van der Waals surface area contributed by atoms with Crippen LogP contribution in [0.5, 0.6) is 5.75 Å². The Morgan fingerprint density at radius 3 is 3.05 bits per heavy atom. The van der Waals surface area contributed by atoms with E-state index < -0.39 is 5.82 Å². The number of Topliss-reactive ketones (excluding diaryl/α,β-unsaturated/α-hetero) is 1. The van der Waals surface area contributed by atoms with Gasteiger partial charge in [-0.3, -0.25) is 4.79 Å². The van der Waals surface area contributed by atoms with Crippen LogP contribution in [0.15, 0.2) is 18.2 Å². The molecule has 1 aromatic carbocycles. The number of ether oxygens (including phenoxy) is 2. The van der Waals surface area contributed by atoms with Gasteiger partial charge in [-0.15, -0.1) is 0 Å². The largest absolute Gasteiger partial charge is 0.487 e. The van der Waals surface area contributed by atoms with Gasteiger partial charge in [-0.25, -0.2) is 9.37 Å². The van der Waals surface area contributed by atoms with Crippen LogP contribution in [0.1, 0.15) is 17.3 Å². The zero-order valence-corrected chi connectivity index (χ0v) is 12.1. The number of pyridine rings is 1. The van der Waals surface area contributed by atoms with Gasteiger partial charge < -0.3 is 14.4 Å². The number of fused-ring (bicyclic) bond motifs is 4. The minimum atomic E-state index is -0.445. The molecule has 0 amide bonds. The van der Waals surface area contributed by atoms with Crippen LogP contribution in [0, 0.1) is 5.82 Å². The van der Waals surface area contributed by atoms with Crippen LogP contribution in [0.4, 0.5) is 10.2 Å². The second-order valence-electron chi connectivity index (χ2n) is 5.62. The molecule has 0 aliphatic carbocycles. The van der Waals surface area contributed by atoms with Crippen molar-refractivity contribution >= 4 is 22.5 Å². The first kappa shape index (κ1) is 13.5. The molecular formula is C16H15FN2O3. The number of carbonyl (C=O) groups is 1. The Labute approximate surface area is 126 Å². The molecule has 2 aliphatic heterocycles. The van der Waals surface area contributed by atoms with Gasteiger partial charge in [0.2, 0.25) is 0 Å². The number of rotatable bonds is 1. The van der Waals surface area contributed by atoms with E-state index in [0.29, 0.717) is 47.9 Å². The minimum absolute atomic E-state index is 0.132. The van der Waals surface area contributed by atoms with Crippen molar-refractivity contribution in [2.45, 2.75) is 13.0 Å². The number of nitrogens with zero attached hydrogens (tertiary/aromatic N) is 2. The Kier molecular flexibility index (Phi) is 3.00. The maximum absolute atomic E-state index is 13.7. The van der Waals surface area contributed by atoms with E-state index in [4.69, 9.17) is 9.47 Å². The molecule has 1 saturated heterocycles. The van der Waals surface area contributed by atoms with Crippen molar-refractivity contribution in [1.82, 2.24) is 4.98 Å². The Hall–Kier alpha value is -2.21. The molecule has 0 saturated carbocycles. The van der Waals surface area contributed by atoms with Crippen LogP contribution in [0.3, 0.4) is 0 Å². The van der Waals surface area contributed by atoms with Gasteiger partial charge >= 0.3 is 0 Å². The third kappa shape index (κ3) is 2.02. The molecule has 2 aromatic rings. The van der Waals surface area contributed by atoms with Crippen molar-refractivity contribution in [3.63, 3.8) is 0 Å². The van der Waals surface area contributed by atoms with Crippen molar-refractivity contribution in [2.75, 3.05) is 31.3 Å². The van der Waals surface area contributed by atoms with E-state index in [1.165, 1.54) is 19.1 Å². The first-order valence-corrected chi connectivity index (χ1v) is 7.26. The summed E-state index contributed by atoms with van der Waals surface area (Å²) < 4.78 is 24.9. The number of hydrogen-bond acceptors (Lipinski definition) is 5. The fraction of sp³-hybridized carbons (Fsp3) is 0.375. The molecule has 2 aliphatic rings. The molecule has 1 fully saturated rings. The third-order valence-corrected chi connectivity index (χ3v) is 4.14. The van der Waals surface area contributed by atoms with Crippen LogP contribution in [0.2, 0.25) is 0 Å². The van der Waals surface area contributed by atoms with E-state index in [1.807, 2.05) is 0 Å². The average molecular weight is 302 g/mol. The lowest BCUT2D eigenvalue weighted by Gasteiger charge is -2.40. The smallest absolute Gasteiger partial charge is 0.172 e. The minimum Gasteiger partial charge on any atom is -0.487 e. The van der Waals surface area contributed by atoms with E-state index in [9.17, 15) is 9.18 Å². The van der Waals surface area contributed by atoms with Gasteiger partial charge in [-0.1, -0.05) is 0 Å². The van der Waals surface area contributed by atoms with Crippen LogP contribution >= 0.6 is 0 Å². The van der Waals surface area contributed by atoms with Gasteiger partial charge in [-0.2, -0.15) is 0 Å². The maximum Gasteiger partial charge on any atom is 0.172 e. The van der Waals surface area contributed by atoms with Gasteiger partial charge in [0, 0.05) is 17.5 Å². The molecule has 114 valence electrons. The molecule has 0 unspecified atom stereocenters. The molecule has 0 radical (unpaired) electrons. The second-order valence-corrected chi connectivity index (χ2v) is 5.62. The summed E-state index contributed by atoms with van der Waals surface area (Å²) in [6, 6.07) is 4.51. The van der Waals surface area contributed by atoms with Crippen LogP contribution in [0.25, 0.3) is 10.9 Å². The quantitative estimate of drug-likeness (QED) is 0.756. The highest BCUT2D eigenvalue weighted by Crippen LogP contribution is 2.36. The van der Waals surface area contributed by atoms with Gasteiger partial charge in [-0.05, 0) is 25.1 Å². The van der Waals surface area contributed by atoms with Crippen molar-refractivity contribution < 1.29 is 18.7 Å². The number of halogens is 1. The fourth-order valence-electron chi connectivity index (χ4n) is 3.06. The highest BCUT2D eigenvalue weighted by molar-refractivity contribution is 6.06. The number of benzene rings is 1. The monoisotopic (exact) mass is 302 g/mol. The molecule has 1 atom stereocenters. The summed E-state index contributed by atoms with van der Waals surface area (Å²) in [5.74, 6) is 0.693. The summed E-state index contributed by atoms with van der Waals surface area (Å²) in [5, 5.41) is 0.579. The molecule has 6 heteroatoms. The zero-order chi connectivity index (χ0) is 15.3. The molecule has 1 aromatic heterocycles. The number of morpholine rings is 1. The van der Waals surface area contributed by atoms with Crippen LogP contribution in [-0.2, 0) is 4.74 Å². The van der Waals surface area contributed by atoms with Crippen molar-refractivity contribution in [2.24, 2.45) is 0 Å². The first-order valence-electron chi connectivity index (χ1n) is 7.26. The topological polar surface area (TPSA) is 51.7 Å². The molecule has 3 heterocycles. The molecular weight excluding hydrogens is 287 g/mol. The van der Waals surface area contributed by atoms with Gasteiger partial charge in [0.1, 0.15) is 12.4 Å². The highest BCUT2D eigenvalue weighted by Gasteiger charge is 2.32. The summed E-state index contributed by atoms with van der Waals surface area (Å²) in [6.45, 7) is 3.91. The number of hydrogen-bond donors (Lipinski definition) is 0. The molecule has 0 spiro atoms.